The molecule has 1 fully saturated rings. The lowest BCUT2D eigenvalue weighted by Crippen LogP contribution is -2.29. The average Bonchev–Trinajstić information content (AvgIpc) is 3.23. The van der Waals surface area contributed by atoms with E-state index in [4.69, 9.17) is 4.98 Å². The molecule has 3 aromatic rings. The van der Waals surface area contributed by atoms with Crippen molar-refractivity contribution in [2.24, 2.45) is 0 Å². The maximum atomic E-state index is 13.9. The predicted octanol–water partition coefficient (Wildman–Crippen LogP) is 6.73. The van der Waals surface area contributed by atoms with Crippen LogP contribution in [0.25, 0.3) is 5.69 Å². The largest absolute Gasteiger partial charge is 0.418 e. The fourth-order valence-corrected chi connectivity index (χ4v) is 7.34. The van der Waals surface area contributed by atoms with Gasteiger partial charge in [-0.25, -0.2) is 4.98 Å². The summed E-state index contributed by atoms with van der Waals surface area (Å²) in [6.07, 6.45) is -0.369. The zero-order valence-electron chi connectivity index (χ0n) is 20.4. The zero-order chi connectivity index (χ0) is 26.3. The summed E-state index contributed by atoms with van der Waals surface area (Å²) in [4.78, 5) is 31.4. The topological polar surface area (TPSA) is 64.0 Å². The molecule has 2 heterocycles. The number of aryl methyl sites for hydroxylation is 2. The molecule has 1 aliphatic heterocycles. The number of carbonyl (C=O) groups excluding carboxylic acids is 1. The number of hydrogen-bond donors (Lipinski definition) is 1. The van der Waals surface area contributed by atoms with Crippen LogP contribution in [0.2, 0.25) is 0 Å². The van der Waals surface area contributed by atoms with Crippen LogP contribution in [-0.4, -0.2) is 26.5 Å². The monoisotopic (exact) mass is 545 g/mol. The highest BCUT2D eigenvalue weighted by Crippen LogP contribution is 2.50. The third-order valence-corrected chi connectivity index (χ3v) is 9.32. The minimum absolute atomic E-state index is 0.125. The highest BCUT2D eigenvalue weighted by atomic mass is 32.2. The van der Waals surface area contributed by atoms with Crippen molar-refractivity contribution < 1.29 is 18.0 Å². The molecule has 0 bridgehead atoms. The van der Waals surface area contributed by atoms with Crippen molar-refractivity contribution in [3.05, 3.63) is 75.1 Å². The van der Waals surface area contributed by atoms with Crippen LogP contribution in [0.5, 0.6) is 0 Å². The molecule has 2 aliphatic rings. The number of para-hydroxylation sites is 1. The Kier molecular flexibility index (Phi) is 7.15. The van der Waals surface area contributed by atoms with Gasteiger partial charge in [0, 0.05) is 11.2 Å². The van der Waals surface area contributed by atoms with E-state index >= 15 is 0 Å². The SMILES string of the molecule is Cc1ccc(-n2c(SCC(=O)Nc3ccccc3C(F)(F)F)nc3c(c2=O)[C@H]2CCCC[C@@H]2S3)cc1C. The summed E-state index contributed by atoms with van der Waals surface area (Å²) < 4.78 is 41.6. The Hall–Kier alpha value is -2.72. The highest BCUT2D eigenvalue weighted by molar-refractivity contribution is 8.00. The molecule has 5 rings (SSSR count). The molecule has 0 unspecified atom stereocenters. The van der Waals surface area contributed by atoms with Gasteiger partial charge >= 0.3 is 6.18 Å². The standard InChI is InChI=1S/C27H26F3N3O2S2/c1-15-11-12-17(13-16(15)2)33-25(35)23-18-7-3-6-10-21(18)37-24(23)32-26(33)36-14-22(34)31-20-9-5-4-8-19(20)27(28,29)30/h4-5,8-9,11-13,18,21H,3,6-7,10,14H2,1-2H3,(H,31,34)/t18-,21-/m0/s1. The Balaban J connectivity index is 1.48. The van der Waals surface area contributed by atoms with Gasteiger partial charge in [-0.3, -0.25) is 14.2 Å². The number of nitrogens with zero attached hydrogens (tertiary/aromatic N) is 2. The summed E-state index contributed by atoms with van der Waals surface area (Å²) in [5.41, 5.74) is 2.20. The Morgan fingerprint density at radius 3 is 2.65 bits per heavy atom. The summed E-state index contributed by atoms with van der Waals surface area (Å²) in [5, 5.41) is 3.78. The number of nitrogens with one attached hydrogen (secondary N) is 1. The Bertz CT molecular complexity index is 1420. The van der Waals surface area contributed by atoms with E-state index in [0.29, 0.717) is 21.1 Å². The van der Waals surface area contributed by atoms with Crippen molar-refractivity contribution in [1.29, 1.82) is 0 Å². The lowest BCUT2D eigenvalue weighted by Gasteiger charge is -2.24. The number of alkyl halides is 3. The Labute approximate surface area is 221 Å². The molecule has 1 N–H and O–H groups in total. The van der Waals surface area contributed by atoms with Gasteiger partial charge in [0.25, 0.3) is 5.56 Å². The number of anilines is 1. The van der Waals surface area contributed by atoms with E-state index in [9.17, 15) is 22.8 Å². The van der Waals surface area contributed by atoms with E-state index in [0.717, 1.165) is 60.2 Å². The van der Waals surface area contributed by atoms with Gasteiger partial charge in [0.2, 0.25) is 5.91 Å². The van der Waals surface area contributed by atoms with Gasteiger partial charge < -0.3 is 5.32 Å². The summed E-state index contributed by atoms with van der Waals surface area (Å²) in [6, 6.07) is 10.6. The number of aromatic nitrogens is 2. The average molecular weight is 546 g/mol. The molecular formula is C27H26F3N3O2S2. The first-order valence-electron chi connectivity index (χ1n) is 12.1. The smallest absolute Gasteiger partial charge is 0.325 e. The summed E-state index contributed by atoms with van der Waals surface area (Å²) in [7, 11) is 0. The first-order valence-corrected chi connectivity index (χ1v) is 14.0. The summed E-state index contributed by atoms with van der Waals surface area (Å²) in [6.45, 7) is 3.96. The Morgan fingerprint density at radius 1 is 1.14 bits per heavy atom. The van der Waals surface area contributed by atoms with E-state index in [1.54, 1.807) is 16.3 Å². The number of fused-ring (bicyclic) bond motifs is 3. The van der Waals surface area contributed by atoms with Gasteiger partial charge in [0.05, 0.1) is 28.3 Å². The summed E-state index contributed by atoms with van der Waals surface area (Å²) in [5.74, 6) is -0.628. The molecule has 1 aliphatic carbocycles. The third kappa shape index (κ3) is 5.18. The molecule has 0 spiro atoms. The first-order chi connectivity index (χ1) is 17.6. The fraction of sp³-hybridized carbons (Fsp3) is 0.370. The number of thioether (sulfide) groups is 2. The van der Waals surface area contributed by atoms with E-state index < -0.39 is 17.6 Å². The summed E-state index contributed by atoms with van der Waals surface area (Å²) >= 11 is 2.69. The van der Waals surface area contributed by atoms with Crippen LogP contribution in [-0.2, 0) is 11.0 Å². The molecular weight excluding hydrogens is 519 g/mol. The van der Waals surface area contributed by atoms with Gasteiger partial charge in [0.15, 0.2) is 5.16 Å². The van der Waals surface area contributed by atoms with Crippen LogP contribution < -0.4 is 10.9 Å². The van der Waals surface area contributed by atoms with Crippen LogP contribution in [0.3, 0.4) is 0 Å². The molecule has 5 nitrogen and oxygen atoms in total. The van der Waals surface area contributed by atoms with E-state index in [-0.39, 0.29) is 22.9 Å². The van der Waals surface area contributed by atoms with Crippen molar-refractivity contribution >= 4 is 35.1 Å². The van der Waals surface area contributed by atoms with E-state index in [1.807, 2.05) is 32.0 Å². The molecule has 0 saturated heterocycles. The second kappa shape index (κ2) is 10.2. The number of amides is 1. The molecule has 194 valence electrons. The van der Waals surface area contributed by atoms with Gasteiger partial charge in [-0.2, -0.15) is 13.2 Å². The maximum Gasteiger partial charge on any atom is 0.418 e. The van der Waals surface area contributed by atoms with E-state index in [2.05, 4.69) is 5.32 Å². The minimum atomic E-state index is -4.59. The van der Waals surface area contributed by atoms with Gasteiger partial charge in [-0.05, 0) is 62.1 Å². The number of rotatable bonds is 5. The fourth-order valence-electron chi connectivity index (χ4n) is 4.96. The second-order valence-corrected chi connectivity index (χ2v) is 11.6. The van der Waals surface area contributed by atoms with Crippen LogP contribution in [0, 0.1) is 13.8 Å². The molecule has 1 aromatic heterocycles. The minimum Gasteiger partial charge on any atom is -0.325 e. The molecule has 37 heavy (non-hydrogen) atoms. The van der Waals surface area contributed by atoms with Gasteiger partial charge in [-0.15, -0.1) is 11.8 Å². The predicted molar refractivity (Wildman–Crippen MR) is 141 cm³/mol. The molecule has 10 heteroatoms. The maximum absolute atomic E-state index is 13.9. The highest BCUT2D eigenvalue weighted by Gasteiger charge is 2.39. The van der Waals surface area contributed by atoms with Crippen LogP contribution in [0.4, 0.5) is 18.9 Å². The Morgan fingerprint density at radius 2 is 1.89 bits per heavy atom. The molecule has 1 amide bonds. The van der Waals surface area contributed by atoms with Crippen molar-refractivity contribution in [3.8, 4) is 5.69 Å². The number of benzene rings is 2. The van der Waals surface area contributed by atoms with Crippen LogP contribution in [0.15, 0.2) is 57.4 Å². The quantitative estimate of drug-likeness (QED) is 0.219. The van der Waals surface area contributed by atoms with Crippen LogP contribution >= 0.6 is 23.5 Å². The van der Waals surface area contributed by atoms with Gasteiger partial charge in [-0.1, -0.05) is 42.8 Å². The number of halogens is 3. The third-order valence-electron chi connectivity index (χ3n) is 6.98. The van der Waals surface area contributed by atoms with Crippen molar-refractivity contribution in [3.63, 3.8) is 0 Å². The molecule has 2 aromatic carbocycles. The van der Waals surface area contributed by atoms with Crippen molar-refractivity contribution in [1.82, 2.24) is 9.55 Å². The molecule has 1 saturated carbocycles. The zero-order valence-corrected chi connectivity index (χ0v) is 22.0. The van der Waals surface area contributed by atoms with Crippen molar-refractivity contribution in [2.45, 2.75) is 67.1 Å². The number of carbonyl (C=O) groups is 1. The lowest BCUT2D eigenvalue weighted by atomic mass is 9.85. The molecule has 2 atom stereocenters. The van der Waals surface area contributed by atoms with Crippen LogP contribution in [0.1, 0.15) is 53.9 Å². The normalized spacial score (nSPS) is 18.8. The van der Waals surface area contributed by atoms with E-state index in [1.165, 1.54) is 18.2 Å². The lowest BCUT2D eigenvalue weighted by molar-refractivity contribution is -0.137. The van der Waals surface area contributed by atoms with Gasteiger partial charge in [0.1, 0.15) is 5.03 Å². The first kappa shape index (κ1) is 25.9. The second-order valence-electron chi connectivity index (χ2n) is 9.45. The number of hydrogen-bond acceptors (Lipinski definition) is 5. The van der Waals surface area contributed by atoms with Crippen molar-refractivity contribution in [2.75, 3.05) is 11.1 Å². The molecule has 0 radical (unpaired) electrons.